The predicted octanol–water partition coefficient (Wildman–Crippen LogP) is 1.79. The summed E-state index contributed by atoms with van der Waals surface area (Å²) in [6.45, 7) is 3.76. The summed E-state index contributed by atoms with van der Waals surface area (Å²) >= 11 is 0. The van der Waals surface area contributed by atoms with E-state index in [0.717, 1.165) is 12.2 Å². The molecule has 0 aliphatic carbocycles. The molecule has 23 heavy (non-hydrogen) atoms. The van der Waals surface area contributed by atoms with Crippen LogP contribution in [0.25, 0.3) is 12.2 Å². The van der Waals surface area contributed by atoms with E-state index >= 15 is 0 Å². The van der Waals surface area contributed by atoms with Gasteiger partial charge in [-0.3, -0.25) is 9.59 Å². The third kappa shape index (κ3) is 5.06. The largest absolute Gasteiger partial charge is 0.463 e. The minimum Gasteiger partial charge on any atom is -0.463 e. The van der Waals surface area contributed by atoms with E-state index in [0.29, 0.717) is 23.7 Å². The molecular formula is C16H17NO6. The van der Waals surface area contributed by atoms with Crippen LogP contribution in [0.4, 0.5) is 0 Å². The van der Waals surface area contributed by atoms with Crippen molar-refractivity contribution in [3.8, 4) is 0 Å². The number of esters is 2. The number of carbonyl (C=O) groups is 4. The Kier molecular flexibility index (Phi) is 7.19. The number of hydrogen-bond acceptors (Lipinski definition) is 6. The zero-order valence-corrected chi connectivity index (χ0v) is 12.8. The molecule has 0 radical (unpaired) electrons. The van der Waals surface area contributed by atoms with Gasteiger partial charge in [-0.05, 0) is 26.0 Å². The van der Waals surface area contributed by atoms with E-state index in [1.807, 2.05) is 0 Å². The van der Waals surface area contributed by atoms with E-state index in [1.165, 1.54) is 12.2 Å². The maximum absolute atomic E-state index is 11.4. The van der Waals surface area contributed by atoms with Crippen LogP contribution in [-0.2, 0) is 19.1 Å². The van der Waals surface area contributed by atoms with E-state index in [-0.39, 0.29) is 24.6 Å². The molecule has 7 nitrogen and oxygen atoms in total. The summed E-state index contributed by atoms with van der Waals surface area (Å²) in [4.78, 5) is 47.6. The number of nitrogens with one attached hydrogen (secondary N) is 1. The number of hydrogen-bond donors (Lipinski definition) is 1. The Morgan fingerprint density at radius 2 is 1.26 bits per heavy atom. The van der Waals surface area contributed by atoms with Crippen molar-refractivity contribution in [2.45, 2.75) is 13.8 Å². The zero-order valence-electron chi connectivity index (χ0n) is 12.8. The summed E-state index contributed by atoms with van der Waals surface area (Å²) in [6.07, 6.45) is 5.98. The van der Waals surface area contributed by atoms with Crippen LogP contribution in [0.1, 0.15) is 46.0 Å². The standard InChI is InChI=1S/C16H17NO6/c1-3-22-15(20)7-5-11-12(6-8-16(21)23-4-2)14(10-19)17-13(11)9-18/h5-10,17H,3-4H2,1-2H3/b7-5+,8-6+. The molecule has 0 saturated heterocycles. The van der Waals surface area contributed by atoms with Gasteiger partial charge >= 0.3 is 11.9 Å². The molecule has 7 heteroatoms. The van der Waals surface area contributed by atoms with Crippen molar-refractivity contribution in [1.82, 2.24) is 4.98 Å². The Hall–Kier alpha value is -2.96. The summed E-state index contributed by atoms with van der Waals surface area (Å²) in [6, 6.07) is 0. The summed E-state index contributed by atoms with van der Waals surface area (Å²) in [5.74, 6) is -1.17. The third-order valence-corrected chi connectivity index (χ3v) is 2.72. The van der Waals surface area contributed by atoms with Gasteiger partial charge in [0, 0.05) is 23.3 Å². The molecule has 0 spiro atoms. The summed E-state index contributed by atoms with van der Waals surface area (Å²) in [5, 5.41) is 0. The monoisotopic (exact) mass is 319 g/mol. The van der Waals surface area contributed by atoms with Gasteiger partial charge in [-0.25, -0.2) is 9.59 Å². The highest BCUT2D eigenvalue weighted by Crippen LogP contribution is 2.21. The smallest absolute Gasteiger partial charge is 0.330 e. The minimum absolute atomic E-state index is 0.108. The Morgan fingerprint density at radius 1 is 0.870 bits per heavy atom. The van der Waals surface area contributed by atoms with Crippen LogP contribution in [0.2, 0.25) is 0 Å². The molecule has 1 N–H and O–H groups in total. The van der Waals surface area contributed by atoms with Crippen LogP contribution in [0.3, 0.4) is 0 Å². The average Bonchev–Trinajstić information content (AvgIpc) is 2.88. The van der Waals surface area contributed by atoms with Crippen LogP contribution in [0.15, 0.2) is 12.2 Å². The molecule has 1 heterocycles. The molecule has 0 bridgehead atoms. The van der Waals surface area contributed by atoms with Crippen LogP contribution in [-0.4, -0.2) is 42.7 Å². The second-order valence-corrected chi connectivity index (χ2v) is 4.19. The van der Waals surface area contributed by atoms with Crippen molar-refractivity contribution in [1.29, 1.82) is 0 Å². The van der Waals surface area contributed by atoms with Crippen molar-refractivity contribution in [2.75, 3.05) is 13.2 Å². The number of ether oxygens (including phenoxy) is 2. The SMILES string of the molecule is CCOC(=O)/C=C/c1c(C=O)[nH]c(C=O)c1/C=C/C(=O)OCC. The first-order valence-corrected chi connectivity index (χ1v) is 6.93. The van der Waals surface area contributed by atoms with E-state index in [2.05, 4.69) is 4.98 Å². The summed E-state index contributed by atoms with van der Waals surface area (Å²) in [7, 11) is 0. The first-order chi connectivity index (χ1) is 11.1. The lowest BCUT2D eigenvalue weighted by molar-refractivity contribution is -0.138. The number of H-pyrrole nitrogens is 1. The summed E-state index contributed by atoms with van der Waals surface area (Å²) < 4.78 is 9.51. The minimum atomic E-state index is -0.585. The second-order valence-electron chi connectivity index (χ2n) is 4.19. The third-order valence-electron chi connectivity index (χ3n) is 2.72. The van der Waals surface area contributed by atoms with E-state index < -0.39 is 11.9 Å². The van der Waals surface area contributed by atoms with Gasteiger partial charge < -0.3 is 14.5 Å². The molecule has 1 aromatic rings. The highest BCUT2D eigenvalue weighted by molar-refractivity contribution is 5.97. The molecule has 0 aliphatic rings. The quantitative estimate of drug-likeness (QED) is 0.445. The normalized spacial score (nSPS) is 10.9. The lowest BCUT2D eigenvalue weighted by Crippen LogP contribution is -1.99. The lowest BCUT2D eigenvalue weighted by atomic mass is 10.1. The Labute approximate surface area is 133 Å². The number of carbonyl (C=O) groups excluding carboxylic acids is 4. The van der Waals surface area contributed by atoms with Crippen molar-refractivity contribution in [3.05, 3.63) is 34.7 Å². The van der Waals surface area contributed by atoms with E-state index in [1.54, 1.807) is 13.8 Å². The molecule has 0 atom stereocenters. The Morgan fingerprint density at radius 3 is 1.57 bits per heavy atom. The molecule has 0 unspecified atom stereocenters. The Bertz CT molecular complexity index is 599. The highest BCUT2D eigenvalue weighted by Gasteiger charge is 2.13. The molecule has 0 saturated carbocycles. The van der Waals surface area contributed by atoms with E-state index in [4.69, 9.17) is 9.47 Å². The van der Waals surface area contributed by atoms with Crippen molar-refractivity contribution < 1.29 is 28.7 Å². The number of aromatic nitrogens is 1. The van der Waals surface area contributed by atoms with Crippen LogP contribution >= 0.6 is 0 Å². The van der Waals surface area contributed by atoms with Crippen LogP contribution < -0.4 is 0 Å². The predicted molar refractivity (Wildman–Crippen MR) is 82.9 cm³/mol. The summed E-state index contributed by atoms with van der Waals surface area (Å²) in [5.41, 5.74) is 0.818. The maximum atomic E-state index is 11.4. The first-order valence-electron chi connectivity index (χ1n) is 6.93. The van der Waals surface area contributed by atoms with Crippen LogP contribution in [0.5, 0.6) is 0 Å². The van der Waals surface area contributed by atoms with E-state index in [9.17, 15) is 19.2 Å². The zero-order chi connectivity index (χ0) is 17.2. The van der Waals surface area contributed by atoms with Gasteiger partial charge in [0.1, 0.15) is 0 Å². The molecule has 1 aromatic heterocycles. The van der Waals surface area contributed by atoms with Crippen molar-refractivity contribution in [2.24, 2.45) is 0 Å². The Balaban J connectivity index is 3.23. The van der Waals surface area contributed by atoms with Gasteiger partial charge in [-0.2, -0.15) is 0 Å². The number of aldehydes is 2. The van der Waals surface area contributed by atoms with Gasteiger partial charge in [-0.15, -0.1) is 0 Å². The molecular weight excluding hydrogens is 302 g/mol. The number of aromatic amines is 1. The fourth-order valence-corrected chi connectivity index (χ4v) is 1.80. The first kappa shape index (κ1) is 18.1. The van der Waals surface area contributed by atoms with Crippen molar-refractivity contribution in [3.63, 3.8) is 0 Å². The highest BCUT2D eigenvalue weighted by atomic mass is 16.5. The van der Waals surface area contributed by atoms with Crippen molar-refractivity contribution >= 4 is 36.7 Å². The molecule has 1 rings (SSSR count). The van der Waals surface area contributed by atoms with Gasteiger partial charge in [0.25, 0.3) is 0 Å². The second kappa shape index (κ2) is 9.14. The lowest BCUT2D eigenvalue weighted by Gasteiger charge is -1.98. The van der Waals surface area contributed by atoms with Gasteiger partial charge in [0.15, 0.2) is 12.6 Å². The van der Waals surface area contributed by atoms with Gasteiger partial charge in [-0.1, -0.05) is 0 Å². The van der Waals surface area contributed by atoms with Gasteiger partial charge in [0.2, 0.25) is 0 Å². The maximum Gasteiger partial charge on any atom is 0.330 e. The number of rotatable bonds is 8. The average molecular weight is 319 g/mol. The fraction of sp³-hybridized carbons (Fsp3) is 0.250. The van der Waals surface area contributed by atoms with Gasteiger partial charge in [0.05, 0.1) is 24.6 Å². The molecule has 0 aromatic carbocycles. The molecule has 0 amide bonds. The fourth-order valence-electron chi connectivity index (χ4n) is 1.80. The topological polar surface area (TPSA) is 103 Å². The molecule has 122 valence electrons. The van der Waals surface area contributed by atoms with Crippen LogP contribution in [0, 0.1) is 0 Å². The molecule has 0 aliphatic heterocycles. The molecule has 0 fully saturated rings.